The minimum absolute atomic E-state index is 0.494. The molecule has 0 amide bonds. The van der Waals surface area contributed by atoms with Crippen LogP contribution < -0.4 is 14.8 Å². The van der Waals surface area contributed by atoms with Crippen LogP contribution in [-0.2, 0) is 0 Å². The number of nitrogens with one attached hydrogen (secondary N) is 1. The molecule has 17 heavy (non-hydrogen) atoms. The highest BCUT2D eigenvalue weighted by Crippen LogP contribution is 2.40. The first-order chi connectivity index (χ1) is 8.27. The minimum Gasteiger partial charge on any atom is -0.496 e. The maximum Gasteiger partial charge on any atom is 0.128 e. The third kappa shape index (κ3) is 2.39. The van der Waals surface area contributed by atoms with Crippen LogP contribution in [0.25, 0.3) is 0 Å². The van der Waals surface area contributed by atoms with Gasteiger partial charge in [0, 0.05) is 18.0 Å². The van der Waals surface area contributed by atoms with Crippen molar-refractivity contribution in [1.82, 2.24) is 5.32 Å². The molecule has 94 valence electrons. The zero-order valence-corrected chi connectivity index (χ0v) is 10.9. The van der Waals surface area contributed by atoms with Crippen LogP contribution in [-0.4, -0.2) is 27.3 Å². The molecule has 1 N–H and O–H groups in total. The molecule has 0 bridgehead atoms. The van der Waals surface area contributed by atoms with Gasteiger partial charge in [0.05, 0.1) is 14.2 Å². The van der Waals surface area contributed by atoms with Gasteiger partial charge in [-0.3, -0.25) is 0 Å². The van der Waals surface area contributed by atoms with Crippen molar-refractivity contribution >= 4 is 0 Å². The molecule has 3 heteroatoms. The minimum atomic E-state index is 0.494. The fourth-order valence-corrected chi connectivity index (χ4v) is 2.62. The monoisotopic (exact) mass is 235 g/mol. The summed E-state index contributed by atoms with van der Waals surface area (Å²) in [6.45, 7) is 4.21. The molecule has 1 aromatic carbocycles. The molecular weight excluding hydrogens is 214 g/mol. The largest absolute Gasteiger partial charge is 0.496 e. The van der Waals surface area contributed by atoms with Crippen molar-refractivity contribution in [3.05, 3.63) is 23.3 Å². The van der Waals surface area contributed by atoms with Gasteiger partial charge in [0.1, 0.15) is 11.5 Å². The van der Waals surface area contributed by atoms with Gasteiger partial charge >= 0.3 is 0 Å². The molecule has 1 heterocycles. The summed E-state index contributed by atoms with van der Waals surface area (Å²) in [5.74, 6) is 2.42. The number of aryl methyl sites for hydroxylation is 1. The standard InChI is InChI=1S/C14H21NO2/c1-10-6-7-12(16-2)13(14(10)17-3)11-5-4-8-15-9-11/h6-7,11,15H,4-5,8-9H2,1-3H3. The molecule has 2 rings (SSSR count). The van der Waals surface area contributed by atoms with Crippen LogP contribution in [0.15, 0.2) is 12.1 Å². The van der Waals surface area contributed by atoms with Gasteiger partial charge < -0.3 is 14.8 Å². The normalized spacial score (nSPS) is 20.1. The van der Waals surface area contributed by atoms with Gasteiger partial charge in [-0.2, -0.15) is 0 Å². The van der Waals surface area contributed by atoms with Crippen LogP contribution >= 0.6 is 0 Å². The summed E-state index contributed by atoms with van der Waals surface area (Å²) in [5, 5.41) is 3.44. The highest BCUT2D eigenvalue weighted by Gasteiger charge is 2.23. The topological polar surface area (TPSA) is 30.5 Å². The number of benzene rings is 1. The van der Waals surface area contributed by atoms with E-state index in [0.29, 0.717) is 5.92 Å². The van der Waals surface area contributed by atoms with Crippen LogP contribution in [0.3, 0.4) is 0 Å². The van der Waals surface area contributed by atoms with Gasteiger partial charge in [0.15, 0.2) is 0 Å². The number of methoxy groups -OCH3 is 2. The Morgan fingerprint density at radius 1 is 1.24 bits per heavy atom. The summed E-state index contributed by atoms with van der Waals surface area (Å²) < 4.78 is 11.1. The highest BCUT2D eigenvalue weighted by atomic mass is 16.5. The van der Waals surface area contributed by atoms with Crippen LogP contribution in [0.2, 0.25) is 0 Å². The van der Waals surface area contributed by atoms with E-state index in [0.717, 1.165) is 24.6 Å². The summed E-state index contributed by atoms with van der Waals surface area (Å²) in [6, 6.07) is 4.10. The second-order valence-corrected chi connectivity index (χ2v) is 4.57. The van der Waals surface area contributed by atoms with Gasteiger partial charge in [-0.1, -0.05) is 6.07 Å². The smallest absolute Gasteiger partial charge is 0.128 e. The van der Waals surface area contributed by atoms with E-state index in [-0.39, 0.29) is 0 Å². The van der Waals surface area contributed by atoms with Crippen LogP contribution in [0.4, 0.5) is 0 Å². The van der Waals surface area contributed by atoms with E-state index in [2.05, 4.69) is 18.3 Å². The van der Waals surface area contributed by atoms with Gasteiger partial charge in [-0.05, 0) is 37.9 Å². The summed E-state index contributed by atoms with van der Waals surface area (Å²) in [5.41, 5.74) is 2.40. The quantitative estimate of drug-likeness (QED) is 0.873. The van der Waals surface area contributed by atoms with Crippen molar-refractivity contribution in [2.75, 3.05) is 27.3 Å². The Labute approximate surface area is 103 Å². The van der Waals surface area contributed by atoms with E-state index in [9.17, 15) is 0 Å². The van der Waals surface area contributed by atoms with Crippen LogP contribution in [0, 0.1) is 6.92 Å². The number of ether oxygens (including phenoxy) is 2. The number of hydrogen-bond acceptors (Lipinski definition) is 3. The predicted octanol–water partition coefficient (Wildman–Crippen LogP) is 2.48. The van der Waals surface area contributed by atoms with Crippen molar-refractivity contribution in [3.63, 3.8) is 0 Å². The lowest BCUT2D eigenvalue weighted by molar-refractivity contribution is 0.363. The highest BCUT2D eigenvalue weighted by molar-refractivity contribution is 5.52. The average Bonchev–Trinajstić information content (AvgIpc) is 2.39. The van der Waals surface area contributed by atoms with E-state index in [1.165, 1.54) is 24.0 Å². The molecule has 1 saturated heterocycles. The summed E-state index contributed by atoms with van der Waals surface area (Å²) >= 11 is 0. The first-order valence-electron chi connectivity index (χ1n) is 6.20. The van der Waals surface area contributed by atoms with Crippen LogP contribution in [0.1, 0.15) is 29.9 Å². The Balaban J connectivity index is 2.43. The Hall–Kier alpha value is -1.22. The molecule has 1 atom stereocenters. The molecule has 1 aliphatic heterocycles. The average molecular weight is 235 g/mol. The Kier molecular flexibility index (Phi) is 3.89. The molecule has 0 aliphatic carbocycles. The number of rotatable bonds is 3. The van der Waals surface area contributed by atoms with Gasteiger partial charge in [0.2, 0.25) is 0 Å². The van der Waals surface area contributed by atoms with E-state index >= 15 is 0 Å². The SMILES string of the molecule is COc1ccc(C)c(OC)c1C1CCCNC1. The van der Waals surface area contributed by atoms with E-state index < -0.39 is 0 Å². The molecule has 0 saturated carbocycles. The third-order valence-corrected chi connectivity index (χ3v) is 3.48. The molecule has 1 unspecified atom stereocenters. The van der Waals surface area contributed by atoms with E-state index in [1.54, 1.807) is 14.2 Å². The lowest BCUT2D eigenvalue weighted by Crippen LogP contribution is -2.29. The second-order valence-electron chi connectivity index (χ2n) is 4.57. The Bertz CT molecular complexity index is 384. The van der Waals surface area contributed by atoms with Gasteiger partial charge in [-0.25, -0.2) is 0 Å². The van der Waals surface area contributed by atoms with Crippen molar-refractivity contribution in [1.29, 1.82) is 0 Å². The van der Waals surface area contributed by atoms with Gasteiger partial charge in [-0.15, -0.1) is 0 Å². The third-order valence-electron chi connectivity index (χ3n) is 3.48. The zero-order valence-electron chi connectivity index (χ0n) is 10.9. The first-order valence-corrected chi connectivity index (χ1v) is 6.20. The van der Waals surface area contributed by atoms with E-state index in [4.69, 9.17) is 9.47 Å². The Morgan fingerprint density at radius 2 is 2.06 bits per heavy atom. The molecule has 0 radical (unpaired) electrons. The molecule has 1 aliphatic rings. The molecule has 1 fully saturated rings. The second kappa shape index (κ2) is 5.41. The summed E-state index contributed by atoms with van der Waals surface area (Å²) in [6.07, 6.45) is 2.41. The van der Waals surface area contributed by atoms with Crippen LogP contribution in [0.5, 0.6) is 11.5 Å². The van der Waals surface area contributed by atoms with Crippen molar-refractivity contribution < 1.29 is 9.47 Å². The summed E-state index contributed by atoms with van der Waals surface area (Å²) in [4.78, 5) is 0. The molecule has 0 spiro atoms. The van der Waals surface area contributed by atoms with Crippen molar-refractivity contribution in [2.45, 2.75) is 25.7 Å². The maximum atomic E-state index is 5.56. The predicted molar refractivity (Wildman–Crippen MR) is 69.1 cm³/mol. The summed E-state index contributed by atoms with van der Waals surface area (Å²) in [7, 11) is 3.46. The molecular formula is C14H21NO2. The fourth-order valence-electron chi connectivity index (χ4n) is 2.62. The Morgan fingerprint density at radius 3 is 2.65 bits per heavy atom. The maximum absolute atomic E-state index is 5.56. The lowest BCUT2D eigenvalue weighted by atomic mass is 9.89. The molecule has 0 aromatic heterocycles. The number of piperidine rings is 1. The van der Waals surface area contributed by atoms with Crippen molar-refractivity contribution in [2.24, 2.45) is 0 Å². The molecule has 1 aromatic rings. The number of hydrogen-bond donors (Lipinski definition) is 1. The first kappa shape index (κ1) is 12.2. The zero-order chi connectivity index (χ0) is 12.3. The lowest BCUT2D eigenvalue weighted by Gasteiger charge is -2.27. The van der Waals surface area contributed by atoms with E-state index in [1.807, 2.05) is 6.07 Å². The van der Waals surface area contributed by atoms with Crippen molar-refractivity contribution in [3.8, 4) is 11.5 Å². The fraction of sp³-hybridized carbons (Fsp3) is 0.571. The van der Waals surface area contributed by atoms with Gasteiger partial charge in [0.25, 0.3) is 0 Å². The molecule has 3 nitrogen and oxygen atoms in total.